The lowest BCUT2D eigenvalue weighted by Crippen LogP contribution is -2.20. The van der Waals surface area contributed by atoms with Crippen molar-refractivity contribution in [3.05, 3.63) is 0 Å². The first kappa shape index (κ1) is 11.6. The molecule has 11 heavy (non-hydrogen) atoms. The molecule has 0 aromatic carbocycles. The fourth-order valence-corrected chi connectivity index (χ4v) is 4.42. The van der Waals surface area contributed by atoms with Crippen molar-refractivity contribution in [2.24, 2.45) is 0 Å². The van der Waals surface area contributed by atoms with Crippen LogP contribution in [0.2, 0.25) is 0 Å². The minimum atomic E-state index is -0.974. The number of rotatable bonds is 5. The maximum Gasteiger partial charge on any atom is 0.126 e. The van der Waals surface area contributed by atoms with E-state index in [0.29, 0.717) is 5.56 Å². The molecule has 0 bridgehead atoms. The molecule has 60 valence electrons. The lowest BCUT2D eigenvalue weighted by atomic mass is 10.0. The summed E-state index contributed by atoms with van der Waals surface area (Å²) in [6.07, 6.45) is 3.48. The van der Waals surface area contributed by atoms with Crippen LogP contribution in [0.25, 0.3) is 0 Å². The maximum atomic E-state index is 6.05. The first-order valence-electron chi connectivity index (χ1n) is 4.48. The molecule has 4 radical (unpaired) electrons. The molecule has 0 aliphatic heterocycles. The highest BCUT2D eigenvalue weighted by Gasteiger charge is 2.35. The lowest BCUT2D eigenvalue weighted by molar-refractivity contribution is 1.01. The molecule has 0 saturated carbocycles. The van der Waals surface area contributed by atoms with Gasteiger partial charge in [0.1, 0.15) is 15.7 Å². The quantitative estimate of drug-likeness (QED) is 0.434. The highest BCUT2D eigenvalue weighted by Crippen LogP contribution is 2.61. The Bertz CT molecular complexity index is 94.0. The smallest absolute Gasteiger partial charge is 0.0625 e. The third-order valence-electron chi connectivity index (χ3n) is 2.74. The molecule has 3 heteroatoms. The van der Waals surface area contributed by atoms with Crippen LogP contribution in [0.15, 0.2) is 0 Å². The largest absolute Gasteiger partial charge is 0.126 e. The summed E-state index contributed by atoms with van der Waals surface area (Å²) in [5.74, 6) is 0. The molecule has 0 amide bonds. The van der Waals surface area contributed by atoms with Crippen LogP contribution in [-0.4, -0.2) is 39.6 Å². The van der Waals surface area contributed by atoms with Gasteiger partial charge in [-0.15, -0.1) is 0 Å². The van der Waals surface area contributed by atoms with Gasteiger partial charge in [-0.1, -0.05) is 6.92 Å². The summed E-state index contributed by atoms with van der Waals surface area (Å²) in [5, 5.41) is 0. The number of hydrogen-bond donors (Lipinski definition) is 0. The average Bonchev–Trinajstić information content (AvgIpc) is 2.08. The van der Waals surface area contributed by atoms with E-state index in [0.717, 1.165) is 12.5 Å². The Labute approximate surface area is 74.7 Å². The fraction of sp³-hybridized carbons (Fsp3) is 1.00. The Morgan fingerprint density at radius 2 is 1.64 bits per heavy atom. The summed E-state index contributed by atoms with van der Waals surface area (Å²) in [5.41, 5.74) is 0.377. The minimum Gasteiger partial charge on any atom is -0.0625 e. The molecule has 0 aromatic heterocycles. The third-order valence-corrected chi connectivity index (χ3v) is 7.76. The Morgan fingerprint density at radius 1 is 1.18 bits per heavy atom. The molecule has 0 N–H and O–H groups in total. The molecular formula is C8H18B2P+. The van der Waals surface area contributed by atoms with Crippen molar-refractivity contribution < 1.29 is 0 Å². The van der Waals surface area contributed by atoms with Crippen LogP contribution in [-0.2, 0) is 0 Å². The Balaban J connectivity index is 4.26. The van der Waals surface area contributed by atoms with Crippen LogP contribution >= 0.6 is 7.26 Å². The lowest BCUT2D eigenvalue weighted by Gasteiger charge is -2.30. The second kappa shape index (κ2) is 5.25. The van der Waals surface area contributed by atoms with Gasteiger partial charge in [-0.05, 0) is 27.5 Å². The van der Waals surface area contributed by atoms with Crippen LogP contribution in [0, 0.1) is 0 Å². The summed E-state index contributed by atoms with van der Waals surface area (Å²) in [4.78, 5) is 0. The van der Waals surface area contributed by atoms with Gasteiger partial charge in [0.25, 0.3) is 0 Å². The number of hydrogen-bond acceptors (Lipinski definition) is 0. The van der Waals surface area contributed by atoms with Gasteiger partial charge in [-0.25, -0.2) is 0 Å². The van der Waals surface area contributed by atoms with Gasteiger partial charge in [0.2, 0.25) is 0 Å². The van der Waals surface area contributed by atoms with Gasteiger partial charge in [0, 0.05) is 11.6 Å². The Kier molecular flexibility index (Phi) is 5.52. The van der Waals surface area contributed by atoms with Crippen LogP contribution in [0.3, 0.4) is 0 Å². The molecule has 0 fully saturated rings. The molecule has 0 aromatic rings. The molecule has 1 atom stereocenters. The first-order valence-corrected chi connectivity index (χ1v) is 6.89. The van der Waals surface area contributed by atoms with Crippen LogP contribution in [0.5, 0.6) is 0 Å². The van der Waals surface area contributed by atoms with Crippen molar-refractivity contribution in [2.45, 2.75) is 32.8 Å². The molecule has 0 aliphatic rings. The van der Waals surface area contributed by atoms with Gasteiger partial charge < -0.3 is 0 Å². The van der Waals surface area contributed by atoms with Crippen molar-refractivity contribution in [3.8, 4) is 0 Å². The first-order chi connectivity index (χ1) is 5.16. The van der Waals surface area contributed by atoms with Gasteiger partial charge in [0.05, 0.1) is 12.3 Å². The van der Waals surface area contributed by atoms with Gasteiger partial charge in [-0.3, -0.25) is 0 Å². The molecule has 1 unspecified atom stereocenters. The zero-order valence-electron chi connectivity index (χ0n) is 8.01. The SMILES string of the molecule is [B]C[P+](CC)(CC)C([B])CC. The van der Waals surface area contributed by atoms with E-state index in [9.17, 15) is 0 Å². The zero-order valence-corrected chi connectivity index (χ0v) is 8.90. The van der Waals surface area contributed by atoms with E-state index < -0.39 is 7.26 Å². The van der Waals surface area contributed by atoms with Gasteiger partial charge in [0.15, 0.2) is 0 Å². The highest BCUT2D eigenvalue weighted by atomic mass is 31.2. The minimum absolute atomic E-state index is 0.377. The van der Waals surface area contributed by atoms with Crippen molar-refractivity contribution >= 4 is 23.0 Å². The summed E-state index contributed by atoms with van der Waals surface area (Å²) in [7, 11) is 10.9. The Hall–Kier alpha value is 0.560. The van der Waals surface area contributed by atoms with Crippen molar-refractivity contribution in [1.82, 2.24) is 0 Å². The van der Waals surface area contributed by atoms with Crippen LogP contribution in [0.1, 0.15) is 27.2 Å². The third kappa shape index (κ3) is 2.51. The monoisotopic (exact) mass is 167 g/mol. The molecular weight excluding hydrogens is 149 g/mol. The molecule has 0 heterocycles. The second-order valence-corrected chi connectivity index (χ2v) is 7.74. The van der Waals surface area contributed by atoms with E-state index in [1.807, 2.05) is 0 Å². The molecule has 0 nitrogen and oxygen atoms in total. The Morgan fingerprint density at radius 3 is 1.73 bits per heavy atom. The summed E-state index contributed by atoms with van der Waals surface area (Å²) >= 11 is 0. The van der Waals surface area contributed by atoms with Gasteiger partial charge in [-0.2, -0.15) is 0 Å². The molecule has 0 rings (SSSR count). The molecule has 0 spiro atoms. The topological polar surface area (TPSA) is 0 Å². The van der Waals surface area contributed by atoms with E-state index in [-0.39, 0.29) is 0 Å². The van der Waals surface area contributed by atoms with E-state index in [1.165, 1.54) is 12.3 Å². The van der Waals surface area contributed by atoms with Crippen molar-refractivity contribution in [2.75, 3.05) is 18.4 Å². The summed E-state index contributed by atoms with van der Waals surface area (Å²) in [6, 6.07) is 0.828. The summed E-state index contributed by atoms with van der Waals surface area (Å²) in [6.45, 7) is 6.60. The predicted octanol–water partition coefficient (Wildman–Crippen LogP) is 2.07. The van der Waals surface area contributed by atoms with E-state index in [4.69, 9.17) is 15.7 Å². The predicted molar refractivity (Wildman–Crippen MR) is 58.5 cm³/mol. The van der Waals surface area contributed by atoms with Crippen LogP contribution in [0.4, 0.5) is 0 Å². The van der Waals surface area contributed by atoms with Crippen molar-refractivity contribution in [3.63, 3.8) is 0 Å². The van der Waals surface area contributed by atoms with Gasteiger partial charge >= 0.3 is 0 Å². The van der Waals surface area contributed by atoms with Crippen molar-refractivity contribution in [1.29, 1.82) is 0 Å². The maximum absolute atomic E-state index is 6.05. The average molecular weight is 167 g/mol. The normalized spacial score (nSPS) is 14.8. The fourth-order valence-electron chi connectivity index (χ4n) is 1.47. The standard InChI is InChI=1S/C8H18B2P/c1-4-8(10)11(5-2,6-3)7-9/h8H,4-7H2,1-3H3/q+1. The summed E-state index contributed by atoms with van der Waals surface area (Å²) < 4.78 is 0. The zero-order chi connectivity index (χ0) is 8.91. The molecule has 0 saturated heterocycles. The highest BCUT2D eigenvalue weighted by molar-refractivity contribution is 7.78. The van der Waals surface area contributed by atoms with Crippen LogP contribution < -0.4 is 0 Å². The second-order valence-electron chi connectivity index (χ2n) is 3.01. The van der Waals surface area contributed by atoms with E-state index in [1.54, 1.807) is 0 Å². The molecule has 0 aliphatic carbocycles. The van der Waals surface area contributed by atoms with E-state index >= 15 is 0 Å². The van der Waals surface area contributed by atoms with E-state index in [2.05, 4.69) is 20.8 Å².